The van der Waals surface area contributed by atoms with Gasteiger partial charge in [-0.25, -0.2) is 23.4 Å². The van der Waals surface area contributed by atoms with E-state index in [9.17, 15) is 13.2 Å². The molecule has 0 aliphatic rings. The molecule has 0 atom stereocenters. The standard InChI is InChI=1S/C25H29N7O6S3/c1-26-10-13-37-20-9-8-19-24(29-20)40-25(28-19)30-23(33)22(31-38-16-21-27-11-15-39-21)17-4-6-18(7-5-17)41(34,35)32(2)12-14-36-3/h4-9,11,15,26H,10,12-14,16H2,1-3H3,(H,28,30,33). The van der Waals surface area contributed by atoms with E-state index in [1.807, 2.05) is 7.05 Å². The number of thiazole rings is 2. The minimum Gasteiger partial charge on any atom is -0.476 e. The summed E-state index contributed by atoms with van der Waals surface area (Å²) < 4.78 is 37.6. The topological polar surface area (TPSA) is 157 Å². The lowest BCUT2D eigenvalue weighted by molar-refractivity contribution is -0.110. The molecule has 0 fully saturated rings. The van der Waals surface area contributed by atoms with Gasteiger partial charge in [0.25, 0.3) is 5.91 Å². The zero-order valence-corrected chi connectivity index (χ0v) is 25.0. The maximum absolute atomic E-state index is 13.4. The number of anilines is 1. The van der Waals surface area contributed by atoms with E-state index in [0.29, 0.717) is 45.1 Å². The van der Waals surface area contributed by atoms with Gasteiger partial charge in [0.15, 0.2) is 17.5 Å². The third-order valence-electron chi connectivity index (χ3n) is 5.54. The highest BCUT2D eigenvalue weighted by atomic mass is 32.2. The van der Waals surface area contributed by atoms with Crippen LogP contribution in [0.3, 0.4) is 0 Å². The number of amides is 1. The number of aromatic nitrogens is 3. The molecule has 0 aliphatic heterocycles. The fourth-order valence-corrected chi connectivity index (χ4v) is 5.86. The number of carbonyl (C=O) groups is 1. The number of carbonyl (C=O) groups excluding carboxylic acids is 1. The molecule has 1 aromatic carbocycles. The predicted octanol–water partition coefficient (Wildman–Crippen LogP) is 2.57. The highest BCUT2D eigenvalue weighted by Crippen LogP contribution is 2.26. The van der Waals surface area contributed by atoms with Gasteiger partial charge in [-0.05, 0) is 25.2 Å². The van der Waals surface area contributed by atoms with Crippen molar-refractivity contribution in [2.24, 2.45) is 5.16 Å². The van der Waals surface area contributed by atoms with Crippen LogP contribution in [0.5, 0.6) is 5.88 Å². The van der Waals surface area contributed by atoms with Crippen LogP contribution in [0.2, 0.25) is 0 Å². The molecule has 0 saturated carbocycles. The monoisotopic (exact) mass is 619 g/mol. The SMILES string of the molecule is CNCCOc1ccc2nc(NC(=O)C(=NOCc3nccs3)c3ccc(S(=O)(=O)N(C)CCOC)cc3)sc2n1. The minimum atomic E-state index is -3.75. The molecule has 1 amide bonds. The first kappa shape index (κ1) is 30.4. The molecule has 3 heterocycles. The molecule has 0 radical (unpaired) electrons. The quantitative estimate of drug-likeness (QED) is 0.115. The summed E-state index contributed by atoms with van der Waals surface area (Å²) in [5.41, 5.74) is 0.873. The molecular formula is C25H29N7O6S3. The zero-order valence-electron chi connectivity index (χ0n) is 22.6. The number of nitrogens with one attached hydrogen (secondary N) is 2. The molecule has 2 N–H and O–H groups in total. The molecule has 41 heavy (non-hydrogen) atoms. The summed E-state index contributed by atoms with van der Waals surface area (Å²) in [6, 6.07) is 9.29. The number of benzene rings is 1. The summed E-state index contributed by atoms with van der Waals surface area (Å²) in [5.74, 6) is -0.142. The second kappa shape index (κ2) is 14.4. The van der Waals surface area contributed by atoms with Crippen molar-refractivity contribution < 1.29 is 27.5 Å². The Morgan fingerprint density at radius 2 is 1.93 bits per heavy atom. The van der Waals surface area contributed by atoms with Crippen LogP contribution in [0.25, 0.3) is 10.3 Å². The summed E-state index contributed by atoms with van der Waals surface area (Å²) in [6.07, 6.45) is 1.64. The Hall–Kier alpha value is -3.54. The van der Waals surface area contributed by atoms with E-state index in [-0.39, 0.29) is 30.4 Å². The van der Waals surface area contributed by atoms with Gasteiger partial charge in [0.05, 0.1) is 11.5 Å². The van der Waals surface area contributed by atoms with Crippen LogP contribution in [0.15, 0.2) is 58.0 Å². The smallest absolute Gasteiger partial charge is 0.280 e. The zero-order chi connectivity index (χ0) is 29.2. The molecule has 16 heteroatoms. The van der Waals surface area contributed by atoms with Crippen molar-refractivity contribution in [2.45, 2.75) is 11.5 Å². The summed E-state index contributed by atoms with van der Waals surface area (Å²) in [4.78, 5) is 32.5. The average molecular weight is 620 g/mol. The van der Waals surface area contributed by atoms with E-state index in [1.54, 1.807) is 23.7 Å². The Morgan fingerprint density at radius 1 is 1.12 bits per heavy atom. The maximum atomic E-state index is 13.4. The third-order valence-corrected chi connectivity index (χ3v) is 9.05. The molecule has 0 spiro atoms. The number of hydrogen-bond donors (Lipinski definition) is 2. The first-order valence-corrected chi connectivity index (χ1v) is 15.5. The number of likely N-dealkylation sites (N-methyl/N-ethyl adjacent to an activating group) is 2. The average Bonchev–Trinajstić information content (AvgIpc) is 3.63. The molecule has 0 bridgehead atoms. The second-order valence-electron chi connectivity index (χ2n) is 8.38. The molecule has 0 unspecified atom stereocenters. The number of oxime groups is 1. The van der Waals surface area contributed by atoms with Crippen LogP contribution in [0, 0.1) is 0 Å². The molecule has 4 aromatic rings. The number of sulfonamides is 1. The van der Waals surface area contributed by atoms with Crippen molar-refractivity contribution in [1.29, 1.82) is 0 Å². The molecule has 218 valence electrons. The van der Waals surface area contributed by atoms with Gasteiger partial charge in [-0.1, -0.05) is 28.6 Å². The van der Waals surface area contributed by atoms with Gasteiger partial charge in [-0.2, -0.15) is 4.31 Å². The first-order valence-electron chi connectivity index (χ1n) is 12.3. The van der Waals surface area contributed by atoms with Crippen molar-refractivity contribution >= 4 is 59.8 Å². The fourth-order valence-electron chi connectivity index (χ4n) is 3.35. The number of fused-ring (bicyclic) bond motifs is 1. The normalized spacial score (nSPS) is 12.1. The molecule has 0 saturated heterocycles. The van der Waals surface area contributed by atoms with Gasteiger partial charge >= 0.3 is 0 Å². The van der Waals surface area contributed by atoms with Crippen LogP contribution in [0.4, 0.5) is 5.13 Å². The number of pyridine rings is 1. The van der Waals surface area contributed by atoms with Crippen LogP contribution >= 0.6 is 22.7 Å². The summed E-state index contributed by atoms with van der Waals surface area (Å²) in [7, 11) is 1.06. The van der Waals surface area contributed by atoms with Gasteiger partial charge in [-0.15, -0.1) is 11.3 Å². The van der Waals surface area contributed by atoms with Crippen LogP contribution in [0.1, 0.15) is 10.6 Å². The summed E-state index contributed by atoms with van der Waals surface area (Å²) in [5, 5.41) is 12.6. The number of methoxy groups -OCH3 is 1. The van der Waals surface area contributed by atoms with E-state index in [1.165, 1.54) is 65.4 Å². The van der Waals surface area contributed by atoms with E-state index < -0.39 is 15.9 Å². The van der Waals surface area contributed by atoms with Crippen LogP contribution < -0.4 is 15.4 Å². The lowest BCUT2D eigenvalue weighted by Crippen LogP contribution is -2.30. The predicted molar refractivity (Wildman–Crippen MR) is 157 cm³/mol. The summed E-state index contributed by atoms with van der Waals surface area (Å²) in [6.45, 7) is 1.65. The third kappa shape index (κ3) is 8.02. The van der Waals surface area contributed by atoms with E-state index in [2.05, 4.69) is 30.7 Å². The number of rotatable bonds is 15. The minimum absolute atomic E-state index is 0.0621. The number of hydrogen-bond acceptors (Lipinski definition) is 13. The van der Waals surface area contributed by atoms with Gasteiger partial charge in [0.1, 0.15) is 22.0 Å². The molecule has 4 rings (SSSR count). The van der Waals surface area contributed by atoms with Gasteiger partial charge in [-0.3, -0.25) is 10.1 Å². The Labute approximate surface area is 245 Å². The lowest BCUT2D eigenvalue weighted by atomic mass is 10.1. The van der Waals surface area contributed by atoms with Gasteiger partial charge in [0, 0.05) is 50.5 Å². The van der Waals surface area contributed by atoms with E-state index in [4.69, 9.17) is 14.3 Å². The Bertz CT molecular complexity index is 1570. The van der Waals surface area contributed by atoms with Crippen molar-refractivity contribution in [2.75, 3.05) is 52.8 Å². The Morgan fingerprint density at radius 3 is 2.63 bits per heavy atom. The number of nitrogens with zero attached hydrogens (tertiary/aromatic N) is 5. The van der Waals surface area contributed by atoms with Crippen molar-refractivity contribution in [3.8, 4) is 5.88 Å². The Balaban J connectivity index is 1.55. The van der Waals surface area contributed by atoms with E-state index >= 15 is 0 Å². The van der Waals surface area contributed by atoms with Crippen molar-refractivity contribution in [1.82, 2.24) is 24.6 Å². The molecule has 13 nitrogen and oxygen atoms in total. The van der Waals surface area contributed by atoms with Crippen molar-refractivity contribution in [3.63, 3.8) is 0 Å². The molecule has 0 aliphatic carbocycles. The largest absolute Gasteiger partial charge is 0.476 e. The fraction of sp³-hybridized carbons (Fsp3) is 0.320. The molecule has 3 aromatic heterocycles. The summed E-state index contributed by atoms with van der Waals surface area (Å²) >= 11 is 2.57. The highest BCUT2D eigenvalue weighted by Gasteiger charge is 2.23. The maximum Gasteiger partial charge on any atom is 0.280 e. The van der Waals surface area contributed by atoms with Crippen molar-refractivity contribution in [3.05, 3.63) is 58.5 Å². The van der Waals surface area contributed by atoms with Gasteiger partial charge < -0.3 is 19.6 Å². The second-order valence-corrected chi connectivity index (χ2v) is 12.4. The number of ether oxygens (including phenoxy) is 2. The van der Waals surface area contributed by atoms with Crippen LogP contribution in [-0.2, 0) is 31.0 Å². The van der Waals surface area contributed by atoms with E-state index in [0.717, 1.165) is 0 Å². The Kier molecular flexibility index (Phi) is 10.7. The van der Waals surface area contributed by atoms with Gasteiger partial charge in [0.2, 0.25) is 15.9 Å². The molecular weight excluding hydrogens is 591 g/mol. The van der Waals surface area contributed by atoms with Crippen LogP contribution in [-0.4, -0.2) is 86.8 Å². The first-order chi connectivity index (χ1) is 19.8. The highest BCUT2D eigenvalue weighted by molar-refractivity contribution is 7.89. The lowest BCUT2D eigenvalue weighted by Gasteiger charge is -2.17.